The molecule has 78 valence electrons. The third-order valence-electron chi connectivity index (χ3n) is 1.73. The van der Waals surface area contributed by atoms with Crippen molar-refractivity contribution in [2.24, 2.45) is 0 Å². The van der Waals surface area contributed by atoms with Gasteiger partial charge in [-0.3, -0.25) is 0 Å². The molecule has 0 unspecified atom stereocenters. The first-order valence-electron chi connectivity index (χ1n) is 4.28. The van der Waals surface area contributed by atoms with Crippen molar-refractivity contribution in [1.29, 1.82) is 0 Å². The number of hydrogen-bond donors (Lipinski definition) is 0. The van der Waals surface area contributed by atoms with Crippen LogP contribution in [0.15, 0.2) is 24.3 Å². The Bertz CT molecular complexity index is 294. The summed E-state index contributed by atoms with van der Waals surface area (Å²) in [4.78, 5) is 0. The summed E-state index contributed by atoms with van der Waals surface area (Å²) in [6.45, 7) is 2.52. The normalized spacial score (nSPS) is 11.7. The van der Waals surface area contributed by atoms with Crippen LogP contribution in [0, 0.1) is 0 Å². The molecule has 0 aliphatic rings. The van der Waals surface area contributed by atoms with Crippen LogP contribution in [0.25, 0.3) is 0 Å². The molecule has 0 spiro atoms. The molecule has 0 aliphatic heterocycles. The van der Waals surface area contributed by atoms with Crippen molar-refractivity contribution in [3.63, 3.8) is 0 Å². The highest BCUT2D eigenvalue weighted by atomic mass is 19.4. The molecule has 1 rings (SSSR count). The van der Waals surface area contributed by atoms with E-state index in [-0.39, 0.29) is 6.61 Å². The molecule has 0 aromatic heterocycles. The van der Waals surface area contributed by atoms with Crippen LogP contribution in [0.3, 0.4) is 0 Å². The fourth-order valence-electron chi connectivity index (χ4n) is 1.06. The number of rotatable bonds is 3. The highest BCUT2D eigenvalue weighted by Gasteiger charge is 2.30. The number of halogens is 3. The first-order chi connectivity index (χ1) is 6.54. The van der Waals surface area contributed by atoms with Crippen molar-refractivity contribution in [1.82, 2.24) is 0 Å². The second-order valence-corrected chi connectivity index (χ2v) is 2.84. The van der Waals surface area contributed by atoms with Gasteiger partial charge in [-0.1, -0.05) is 12.1 Å². The van der Waals surface area contributed by atoms with Crippen molar-refractivity contribution < 1.29 is 17.9 Å². The predicted molar refractivity (Wildman–Crippen MR) is 46.8 cm³/mol. The molecule has 1 aromatic rings. The number of ether oxygens (including phenoxy) is 1. The molecule has 0 bridgehead atoms. The molecule has 0 fully saturated rings. The summed E-state index contributed by atoms with van der Waals surface area (Å²) >= 11 is 0. The van der Waals surface area contributed by atoms with Gasteiger partial charge in [-0.05, 0) is 24.6 Å². The number of hydrogen-bond acceptors (Lipinski definition) is 1. The van der Waals surface area contributed by atoms with Gasteiger partial charge in [0.2, 0.25) is 0 Å². The molecule has 0 saturated heterocycles. The first kappa shape index (κ1) is 11.0. The molecular weight excluding hydrogens is 193 g/mol. The van der Waals surface area contributed by atoms with Gasteiger partial charge in [-0.15, -0.1) is 0 Å². The lowest BCUT2D eigenvalue weighted by atomic mass is 10.1. The maximum atomic E-state index is 12.2. The Balaban J connectivity index is 2.79. The van der Waals surface area contributed by atoms with E-state index in [1.807, 2.05) is 0 Å². The molecule has 1 nitrogen and oxygen atoms in total. The van der Waals surface area contributed by atoms with Crippen molar-refractivity contribution in [3.05, 3.63) is 35.4 Å². The second kappa shape index (κ2) is 4.46. The molecular formula is C10H11F3O. The van der Waals surface area contributed by atoms with Crippen molar-refractivity contribution in [2.45, 2.75) is 19.7 Å². The summed E-state index contributed by atoms with van der Waals surface area (Å²) in [7, 11) is 0. The molecule has 1 aromatic carbocycles. The topological polar surface area (TPSA) is 9.23 Å². The molecule has 0 radical (unpaired) electrons. The van der Waals surface area contributed by atoms with E-state index in [0.717, 1.165) is 12.1 Å². The SMILES string of the molecule is CCOCc1cccc(C(F)(F)F)c1. The smallest absolute Gasteiger partial charge is 0.377 e. The Morgan fingerprint density at radius 1 is 1.29 bits per heavy atom. The zero-order valence-electron chi connectivity index (χ0n) is 7.77. The Morgan fingerprint density at radius 2 is 2.00 bits per heavy atom. The maximum Gasteiger partial charge on any atom is 0.416 e. The second-order valence-electron chi connectivity index (χ2n) is 2.84. The van der Waals surface area contributed by atoms with Gasteiger partial charge in [0.1, 0.15) is 0 Å². The fourth-order valence-corrected chi connectivity index (χ4v) is 1.06. The van der Waals surface area contributed by atoms with Gasteiger partial charge in [-0.25, -0.2) is 0 Å². The van der Waals surface area contributed by atoms with Gasteiger partial charge in [0, 0.05) is 6.61 Å². The lowest BCUT2D eigenvalue weighted by Crippen LogP contribution is -2.05. The van der Waals surface area contributed by atoms with E-state index >= 15 is 0 Å². The molecule has 0 saturated carbocycles. The van der Waals surface area contributed by atoms with Crippen LogP contribution in [0.5, 0.6) is 0 Å². The third-order valence-corrected chi connectivity index (χ3v) is 1.73. The van der Waals surface area contributed by atoms with Crippen LogP contribution < -0.4 is 0 Å². The van der Waals surface area contributed by atoms with Gasteiger partial charge in [0.05, 0.1) is 12.2 Å². The first-order valence-corrected chi connectivity index (χ1v) is 4.28. The third kappa shape index (κ3) is 3.03. The van der Waals surface area contributed by atoms with Gasteiger partial charge >= 0.3 is 6.18 Å². The quantitative estimate of drug-likeness (QED) is 0.734. The molecule has 0 aliphatic carbocycles. The zero-order chi connectivity index (χ0) is 10.6. The minimum absolute atomic E-state index is 0.223. The van der Waals surface area contributed by atoms with Crippen molar-refractivity contribution >= 4 is 0 Å². The largest absolute Gasteiger partial charge is 0.416 e. The average Bonchev–Trinajstić information content (AvgIpc) is 2.14. The predicted octanol–water partition coefficient (Wildman–Crippen LogP) is 3.24. The summed E-state index contributed by atoms with van der Waals surface area (Å²) in [5.74, 6) is 0. The van der Waals surface area contributed by atoms with Crippen LogP contribution >= 0.6 is 0 Å². The highest BCUT2D eigenvalue weighted by Crippen LogP contribution is 2.29. The van der Waals surface area contributed by atoms with Crippen LogP contribution in [0.1, 0.15) is 18.1 Å². The summed E-state index contributed by atoms with van der Waals surface area (Å²) < 4.78 is 41.8. The Hall–Kier alpha value is -1.03. The average molecular weight is 204 g/mol. The van der Waals surface area contributed by atoms with E-state index in [4.69, 9.17) is 4.74 Å². The summed E-state index contributed by atoms with van der Waals surface area (Å²) in [6, 6.07) is 5.16. The monoisotopic (exact) mass is 204 g/mol. The zero-order valence-corrected chi connectivity index (χ0v) is 7.77. The van der Waals surface area contributed by atoms with E-state index in [0.29, 0.717) is 12.2 Å². The maximum absolute atomic E-state index is 12.2. The van der Waals surface area contributed by atoms with E-state index in [1.54, 1.807) is 13.0 Å². The van der Waals surface area contributed by atoms with Gasteiger partial charge < -0.3 is 4.74 Å². The van der Waals surface area contributed by atoms with Gasteiger partial charge in [0.25, 0.3) is 0 Å². The van der Waals surface area contributed by atoms with Crippen LogP contribution in [0.4, 0.5) is 13.2 Å². The minimum atomic E-state index is -4.28. The summed E-state index contributed by atoms with van der Waals surface area (Å²) in [6.07, 6.45) is -4.28. The Morgan fingerprint density at radius 3 is 2.57 bits per heavy atom. The molecule has 14 heavy (non-hydrogen) atoms. The lowest BCUT2D eigenvalue weighted by molar-refractivity contribution is -0.137. The molecule has 0 heterocycles. The Labute approximate surface area is 80.5 Å². The molecule has 0 N–H and O–H groups in total. The molecule has 4 heteroatoms. The van der Waals surface area contributed by atoms with Gasteiger partial charge in [-0.2, -0.15) is 13.2 Å². The van der Waals surface area contributed by atoms with E-state index < -0.39 is 11.7 Å². The van der Waals surface area contributed by atoms with Crippen LogP contribution in [-0.2, 0) is 17.5 Å². The standard InChI is InChI=1S/C10H11F3O/c1-2-14-7-8-4-3-5-9(6-8)10(11,12)13/h3-6H,2,7H2,1H3. The molecule has 0 atom stereocenters. The highest BCUT2D eigenvalue weighted by molar-refractivity contribution is 5.25. The van der Waals surface area contributed by atoms with Gasteiger partial charge in [0.15, 0.2) is 0 Å². The van der Waals surface area contributed by atoms with Crippen molar-refractivity contribution in [3.8, 4) is 0 Å². The van der Waals surface area contributed by atoms with E-state index in [9.17, 15) is 13.2 Å². The van der Waals surface area contributed by atoms with E-state index in [2.05, 4.69) is 0 Å². The Kier molecular flexibility index (Phi) is 3.52. The van der Waals surface area contributed by atoms with E-state index in [1.165, 1.54) is 6.07 Å². The minimum Gasteiger partial charge on any atom is -0.377 e. The lowest BCUT2D eigenvalue weighted by Gasteiger charge is -2.08. The van der Waals surface area contributed by atoms with Crippen LogP contribution in [-0.4, -0.2) is 6.61 Å². The van der Waals surface area contributed by atoms with Crippen molar-refractivity contribution in [2.75, 3.05) is 6.61 Å². The number of alkyl halides is 3. The summed E-state index contributed by atoms with van der Waals surface area (Å²) in [5.41, 5.74) is -0.0867. The fraction of sp³-hybridized carbons (Fsp3) is 0.400. The summed E-state index contributed by atoms with van der Waals surface area (Å²) in [5, 5.41) is 0. The number of benzene rings is 1. The molecule has 0 amide bonds. The van der Waals surface area contributed by atoms with Crippen LogP contribution in [0.2, 0.25) is 0 Å².